The Hall–Kier alpha value is 0.960. The molecule has 0 bridgehead atoms. The van der Waals surface area contributed by atoms with E-state index in [-0.39, 0.29) is 0 Å². The Morgan fingerprint density at radius 1 is 1.00 bits per heavy atom. The molecule has 2 unspecified atom stereocenters. The van der Waals surface area contributed by atoms with Gasteiger partial charge in [0.05, 0.1) is 0 Å². The van der Waals surface area contributed by atoms with Crippen molar-refractivity contribution in [1.82, 2.24) is 0 Å². The molecule has 0 nitrogen and oxygen atoms in total. The number of hydrogen-bond donors (Lipinski definition) is 0. The van der Waals surface area contributed by atoms with Gasteiger partial charge in [-0.1, -0.05) is 31.9 Å². The predicted molar refractivity (Wildman–Crippen MR) is 48.4 cm³/mol. The summed E-state index contributed by atoms with van der Waals surface area (Å²) in [7, 11) is 0. The summed E-state index contributed by atoms with van der Waals surface area (Å²) in [5.41, 5.74) is 0. The van der Waals surface area contributed by atoms with E-state index in [9.17, 15) is 0 Å². The van der Waals surface area contributed by atoms with Gasteiger partial charge in [-0.15, -0.1) is 0 Å². The SMILES string of the molecule is BrCC1CCC(CBr)C1. The Morgan fingerprint density at radius 3 is 1.67 bits per heavy atom. The Kier molecular flexibility index (Phi) is 3.55. The van der Waals surface area contributed by atoms with E-state index in [0.29, 0.717) is 0 Å². The van der Waals surface area contributed by atoms with Crippen molar-refractivity contribution in [2.75, 3.05) is 10.7 Å². The minimum atomic E-state index is 0.965. The summed E-state index contributed by atoms with van der Waals surface area (Å²) in [6.45, 7) is 0. The highest BCUT2D eigenvalue weighted by Gasteiger charge is 2.22. The molecule has 9 heavy (non-hydrogen) atoms. The summed E-state index contributed by atoms with van der Waals surface area (Å²) in [6.07, 6.45) is 4.29. The molecule has 1 rings (SSSR count). The predicted octanol–water partition coefficient (Wildman–Crippen LogP) is 3.19. The molecule has 0 N–H and O–H groups in total. The van der Waals surface area contributed by atoms with Crippen LogP contribution in [0.4, 0.5) is 0 Å². The van der Waals surface area contributed by atoms with Crippen LogP contribution in [0, 0.1) is 11.8 Å². The highest BCUT2D eigenvalue weighted by Crippen LogP contribution is 2.32. The van der Waals surface area contributed by atoms with Gasteiger partial charge in [-0.2, -0.15) is 0 Å². The minimum absolute atomic E-state index is 0.965. The average Bonchev–Trinajstić information content (AvgIpc) is 2.34. The van der Waals surface area contributed by atoms with Crippen molar-refractivity contribution in [2.45, 2.75) is 19.3 Å². The number of halogens is 2. The molecule has 1 fully saturated rings. The second-order valence-electron chi connectivity index (χ2n) is 2.85. The van der Waals surface area contributed by atoms with E-state index >= 15 is 0 Å². The number of hydrogen-bond acceptors (Lipinski definition) is 0. The Balaban J connectivity index is 2.20. The molecule has 54 valence electrons. The molecule has 0 aliphatic heterocycles. The van der Waals surface area contributed by atoms with Crippen LogP contribution in [-0.2, 0) is 0 Å². The first kappa shape index (κ1) is 8.06. The molecule has 0 aromatic rings. The van der Waals surface area contributed by atoms with Crippen LogP contribution in [0.3, 0.4) is 0 Å². The highest BCUT2D eigenvalue weighted by molar-refractivity contribution is 9.09. The van der Waals surface area contributed by atoms with Gasteiger partial charge in [-0.3, -0.25) is 0 Å². The fourth-order valence-corrected chi connectivity index (χ4v) is 2.63. The molecule has 0 radical (unpaired) electrons. The van der Waals surface area contributed by atoms with Crippen molar-refractivity contribution in [1.29, 1.82) is 0 Å². The van der Waals surface area contributed by atoms with E-state index in [1.165, 1.54) is 29.9 Å². The molecule has 1 aliphatic carbocycles. The molecule has 0 aromatic carbocycles. The lowest BCUT2D eigenvalue weighted by Gasteiger charge is -2.03. The van der Waals surface area contributed by atoms with E-state index in [1.807, 2.05) is 0 Å². The molecular formula is C7H12Br2. The molecule has 2 atom stereocenters. The topological polar surface area (TPSA) is 0 Å². The third-order valence-electron chi connectivity index (χ3n) is 2.09. The van der Waals surface area contributed by atoms with Crippen molar-refractivity contribution >= 4 is 31.9 Å². The quantitative estimate of drug-likeness (QED) is 0.665. The number of rotatable bonds is 2. The standard InChI is InChI=1S/C7H12Br2/c8-4-6-1-2-7(3-6)5-9/h6-7H,1-5H2. The Labute approximate surface area is 73.7 Å². The summed E-state index contributed by atoms with van der Waals surface area (Å²) >= 11 is 7.04. The monoisotopic (exact) mass is 254 g/mol. The van der Waals surface area contributed by atoms with Gasteiger partial charge in [0.15, 0.2) is 0 Å². The van der Waals surface area contributed by atoms with Gasteiger partial charge >= 0.3 is 0 Å². The van der Waals surface area contributed by atoms with E-state index in [1.54, 1.807) is 0 Å². The van der Waals surface area contributed by atoms with Crippen LogP contribution >= 0.6 is 31.9 Å². The molecule has 0 saturated heterocycles. The van der Waals surface area contributed by atoms with Gasteiger partial charge in [0.25, 0.3) is 0 Å². The van der Waals surface area contributed by atoms with Crippen LogP contribution in [0.15, 0.2) is 0 Å². The van der Waals surface area contributed by atoms with E-state index < -0.39 is 0 Å². The summed E-state index contributed by atoms with van der Waals surface area (Å²) in [5, 5.41) is 2.41. The lowest BCUT2D eigenvalue weighted by atomic mass is 10.1. The zero-order valence-corrected chi connectivity index (χ0v) is 8.62. The van der Waals surface area contributed by atoms with E-state index in [2.05, 4.69) is 31.9 Å². The van der Waals surface area contributed by atoms with Crippen LogP contribution in [0.1, 0.15) is 19.3 Å². The largest absolute Gasteiger partial charge is 0.0925 e. The summed E-state index contributed by atoms with van der Waals surface area (Å²) in [6, 6.07) is 0. The smallest absolute Gasteiger partial charge is 0.00597 e. The van der Waals surface area contributed by atoms with Gasteiger partial charge in [-0.05, 0) is 31.1 Å². The fourth-order valence-electron chi connectivity index (χ4n) is 1.46. The lowest BCUT2D eigenvalue weighted by molar-refractivity contribution is 0.572. The van der Waals surface area contributed by atoms with Gasteiger partial charge in [-0.25, -0.2) is 0 Å². The maximum Gasteiger partial charge on any atom is 0.00597 e. The maximum atomic E-state index is 3.52. The van der Waals surface area contributed by atoms with Gasteiger partial charge in [0, 0.05) is 10.7 Å². The van der Waals surface area contributed by atoms with Gasteiger partial charge in [0.2, 0.25) is 0 Å². The molecule has 0 heterocycles. The number of alkyl halides is 2. The normalized spacial score (nSPS) is 35.3. The average molecular weight is 256 g/mol. The summed E-state index contributed by atoms with van der Waals surface area (Å²) in [4.78, 5) is 0. The van der Waals surface area contributed by atoms with E-state index in [0.717, 1.165) is 11.8 Å². The lowest BCUT2D eigenvalue weighted by Crippen LogP contribution is -1.97. The van der Waals surface area contributed by atoms with Gasteiger partial charge < -0.3 is 0 Å². The first-order valence-electron chi connectivity index (χ1n) is 3.48. The van der Waals surface area contributed by atoms with Crippen molar-refractivity contribution in [3.05, 3.63) is 0 Å². The van der Waals surface area contributed by atoms with Crippen LogP contribution < -0.4 is 0 Å². The molecule has 0 amide bonds. The molecular weight excluding hydrogens is 244 g/mol. The molecule has 1 saturated carbocycles. The first-order valence-corrected chi connectivity index (χ1v) is 5.73. The van der Waals surface area contributed by atoms with Crippen LogP contribution in [0.25, 0.3) is 0 Å². The first-order chi connectivity index (χ1) is 4.36. The van der Waals surface area contributed by atoms with Gasteiger partial charge in [0.1, 0.15) is 0 Å². The zero-order chi connectivity index (χ0) is 6.69. The fraction of sp³-hybridized carbons (Fsp3) is 1.00. The van der Waals surface area contributed by atoms with Crippen molar-refractivity contribution in [3.8, 4) is 0 Å². The van der Waals surface area contributed by atoms with Crippen molar-refractivity contribution < 1.29 is 0 Å². The molecule has 0 aromatic heterocycles. The van der Waals surface area contributed by atoms with Crippen molar-refractivity contribution in [3.63, 3.8) is 0 Å². The Morgan fingerprint density at radius 2 is 1.44 bits per heavy atom. The second-order valence-corrected chi connectivity index (χ2v) is 4.15. The maximum absolute atomic E-state index is 3.52. The molecule has 0 spiro atoms. The van der Waals surface area contributed by atoms with E-state index in [4.69, 9.17) is 0 Å². The highest BCUT2D eigenvalue weighted by atomic mass is 79.9. The molecule has 1 aliphatic rings. The summed E-state index contributed by atoms with van der Waals surface area (Å²) < 4.78 is 0. The Bertz CT molecular complexity index is 73.0. The molecule has 2 heteroatoms. The summed E-state index contributed by atoms with van der Waals surface area (Å²) in [5.74, 6) is 1.93. The third-order valence-corrected chi connectivity index (χ3v) is 3.92. The van der Waals surface area contributed by atoms with Crippen LogP contribution in [0.5, 0.6) is 0 Å². The third kappa shape index (κ3) is 2.23. The van der Waals surface area contributed by atoms with Crippen LogP contribution in [0.2, 0.25) is 0 Å². The second kappa shape index (κ2) is 3.97. The minimum Gasteiger partial charge on any atom is -0.0925 e. The zero-order valence-electron chi connectivity index (χ0n) is 5.45. The van der Waals surface area contributed by atoms with Crippen LogP contribution in [-0.4, -0.2) is 10.7 Å². The van der Waals surface area contributed by atoms with Crippen molar-refractivity contribution in [2.24, 2.45) is 11.8 Å².